The lowest BCUT2D eigenvalue weighted by molar-refractivity contribution is 0.456. The van der Waals surface area contributed by atoms with Gasteiger partial charge in [-0.3, -0.25) is 0 Å². The quantitative estimate of drug-likeness (QED) is 0.527. The van der Waals surface area contributed by atoms with E-state index in [9.17, 15) is 0 Å². The van der Waals surface area contributed by atoms with Crippen molar-refractivity contribution in [3.05, 3.63) is 11.9 Å². The first-order valence-corrected chi connectivity index (χ1v) is 8.47. The van der Waals surface area contributed by atoms with Crippen LogP contribution in [0.4, 0.5) is 0 Å². The van der Waals surface area contributed by atoms with Crippen molar-refractivity contribution in [3.8, 4) is 0 Å². The molecule has 0 saturated carbocycles. The van der Waals surface area contributed by atoms with Crippen LogP contribution in [0, 0.1) is 0 Å². The Kier molecular flexibility index (Phi) is 10.2. The molecule has 1 rings (SSSR count). The number of H-pyrrole nitrogens is 1. The fraction of sp³-hybridized carbons (Fsp3) is 0.875. The minimum atomic E-state index is 0.369. The van der Waals surface area contributed by atoms with Crippen LogP contribution in [-0.2, 0) is 0 Å². The second-order valence-electron chi connectivity index (χ2n) is 5.67. The molecule has 2 N–H and O–H groups in total. The lowest BCUT2D eigenvalue weighted by Crippen LogP contribution is -2.22. The summed E-state index contributed by atoms with van der Waals surface area (Å²) >= 11 is 0. The third-order valence-electron chi connectivity index (χ3n) is 3.78. The Morgan fingerprint density at radius 2 is 1.70 bits per heavy atom. The molecule has 4 heteroatoms. The zero-order valence-corrected chi connectivity index (χ0v) is 13.3. The van der Waals surface area contributed by atoms with Crippen LogP contribution in [0.5, 0.6) is 0 Å². The largest absolute Gasteiger partial charge is 0.309 e. The van der Waals surface area contributed by atoms with Gasteiger partial charge in [-0.1, -0.05) is 65.2 Å². The highest BCUT2D eigenvalue weighted by Gasteiger charge is 2.12. The van der Waals surface area contributed by atoms with Crippen LogP contribution in [0.15, 0.2) is 6.20 Å². The molecule has 1 unspecified atom stereocenters. The number of unbranched alkanes of at least 4 members (excludes halogenated alkanes) is 7. The van der Waals surface area contributed by atoms with Crippen molar-refractivity contribution in [3.63, 3.8) is 0 Å². The van der Waals surface area contributed by atoms with E-state index in [0.717, 1.165) is 18.7 Å². The number of hydrogen-bond acceptors (Lipinski definition) is 3. The van der Waals surface area contributed by atoms with E-state index < -0.39 is 0 Å². The van der Waals surface area contributed by atoms with E-state index in [0.29, 0.717) is 6.04 Å². The summed E-state index contributed by atoms with van der Waals surface area (Å²) in [4.78, 5) is 0. The van der Waals surface area contributed by atoms with Gasteiger partial charge in [-0.2, -0.15) is 15.4 Å². The van der Waals surface area contributed by atoms with Crippen LogP contribution in [0.2, 0.25) is 0 Å². The molecule has 0 aliphatic carbocycles. The average Bonchev–Trinajstić information content (AvgIpc) is 2.99. The van der Waals surface area contributed by atoms with Crippen LogP contribution in [0.1, 0.15) is 89.8 Å². The Bertz CT molecular complexity index is 297. The molecule has 116 valence electrons. The van der Waals surface area contributed by atoms with E-state index in [-0.39, 0.29) is 0 Å². The summed E-state index contributed by atoms with van der Waals surface area (Å²) in [7, 11) is 0. The van der Waals surface area contributed by atoms with E-state index in [1.54, 1.807) is 0 Å². The number of hydrogen-bond donors (Lipinski definition) is 2. The van der Waals surface area contributed by atoms with Gasteiger partial charge in [0.05, 0.1) is 17.9 Å². The standard InChI is InChI=1S/C16H32N4/c1-3-5-6-7-8-9-10-11-12-15(17-13-4-2)16-14-18-20-19-16/h14-15,17H,3-13H2,1-2H3,(H,18,19,20). The molecule has 20 heavy (non-hydrogen) atoms. The monoisotopic (exact) mass is 280 g/mol. The van der Waals surface area contributed by atoms with Crippen LogP contribution >= 0.6 is 0 Å². The van der Waals surface area contributed by atoms with Crippen molar-refractivity contribution >= 4 is 0 Å². The number of nitrogens with zero attached hydrogens (tertiary/aromatic N) is 2. The first kappa shape index (κ1) is 17.2. The molecule has 0 aromatic carbocycles. The summed E-state index contributed by atoms with van der Waals surface area (Å²) in [5.41, 5.74) is 1.06. The van der Waals surface area contributed by atoms with Gasteiger partial charge >= 0.3 is 0 Å². The zero-order valence-electron chi connectivity index (χ0n) is 13.3. The SMILES string of the molecule is CCCCCCCCCCC(NCCC)c1cn[nH]n1. The molecule has 0 amide bonds. The van der Waals surface area contributed by atoms with Gasteiger partial charge in [0.1, 0.15) is 0 Å². The first-order chi connectivity index (χ1) is 9.88. The molecular weight excluding hydrogens is 248 g/mol. The summed E-state index contributed by atoms with van der Waals surface area (Å²) in [5.74, 6) is 0. The Hall–Kier alpha value is -0.900. The molecule has 1 heterocycles. The summed E-state index contributed by atoms with van der Waals surface area (Å²) in [6.45, 7) is 5.52. The zero-order chi connectivity index (χ0) is 14.5. The maximum Gasteiger partial charge on any atom is 0.0993 e. The average molecular weight is 280 g/mol. The normalized spacial score (nSPS) is 12.7. The van der Waals surface area contributed by atoms with E-state index in [4.69, 9.17) is 0 Å². The molecule has 0 aliphatic heterocycles. The van der Waals surface area contributed by atoms with Crippen molar-refractivity contribution < 1.29 is 0 Å². The molecule has 0 aliphatic rings. The van der Waals surface area contributed by atoms with Crippen LogP contribution < -0.4 is 5.32 Å². The molecule has 1 atom stereocenters. The highest BCUT2D eigenvalue weighted by Crippen LogP contribution is 2.18. The number of aromatic amines is 1. The summed E-state index contributed by atoms with van der Waals surface area (Å²) in [6.07, 6.45) is 15.1. The Balaban J connectivity index is 2.10. The molecule has 4 nitrogen and oxygen atoms in total. The van der Waals surface area contributed by atoms with Gasteiger partial charge in [-0.25, -0.2) is 0 Å². The van der Waals surface area contributed by atoms with Gasteiger partial charge in [-0.05, 0) is 19.4 Å². The lowest BCUT2D eigenvalue weighted by Gasteiger charge is -2.15. The molecule has 0 spiro atoms. The van der Waals surface area contributed by atoms with Gasteiger partial charge in [0.2, 0.25) is 0 Å². The number of aromatic nitrogens is 3. The van der Waals surface area contributed by atoms with E-state index in [1.165, 1.54) is 57.8 Å². The van der Waals surface area contributed by atoms with E-state index >= 15 is 0 Å². The molecule has 0 bridgehead atoms. The first-order valence-electron chi connectivity index (χ1n) is 8.47. The minimum absolute atomic E-state index is 0.369. The minimum Gasteiger partial charge on any atom is -0.309 e. The van der Waals surface area contributed by atoms with Crippen LogP contribution in [0.25, 0.3) is 0 Å². The Morgan fingerprint density at radius 3 is 2.30 bits per heavy atom. The summed E-state index contributed by atoms with van der Waals surface area (Å²) < 4.78 is 0. The number of rotatable bonds is 13. The maximum absolute atomic E-state index is 4.22. The highest BCUT2D eigenvalue weighted by atomic mass is 15.3. The summed E-state index contributed by atoms with van der Waals surface area (Å²) in [5, 5.41) is 14.4. The van der Waals surface area contributed by atoms with Crippen molar-refractivity contribution in [1.82, 2.24) is 20.7 Å². The Labute approximate surface area is 124 Å². The smallest absolute Gasteiger partial charge is 0.0993 e. The Morgan fingerprint density at radius 1 is 1.00 bits per heavy atom. The van der Waals surface area contributed by atoms with Crippen LogP contribution in [0.3, 0.4) is 0 Å². The molecule has 0 radical (unpaired) electrons. The van der Waals surface area contributed by atoms with E-state index in [1.807, 2.05) is 6.20 Å². The van der Waals surface area contributed by atoms with Crippen LogP contribution in [-0.4, -0.2) is 22.0 Å². The van der Waals surface area contributed by atoms with Crippen molar-refractivity contribution in [2.75, 3.05) is 6.54 Å². The van der Waals surface area contributed by atoms with Gasteiger partial charge in [0, 0.05) is 0 Å². The topological polar surface area (TPSA) is 53.6 Å². The third-order valence-corrected chi connectivity index (χ3v) is 3.78. The maximum atomic E-state index is 4.22. The molecular formula is C16H32N4. The molecule has 0 saturated heterocycles. The predicted octanol–water partition coefficient (Wildman–Crippen LogP) is 4.38. The van der Waals surface area contributed by atoms with Gasteiger partial charge in [0.25, 0.3) is 0 Å². The van der Waals surface area contributed by atoms with Gasteiger partial charge in [0.15, 0.2) is 0 Å². The number of nitrogens with one attached hydrogen (secondary N) is 2. The van der Waals surface area contributed by atoms with Gasteiger partial charge in [-0.15, -0.1) is 0 Å². The molecule has 0 fully saturated rings. The molecule has 1 aromatic rings. The van der Waals surface area contributed by atoms with Crippen molar-refractivity contribution in [1.29, 1.82) is 0 Å². The summed E-state index contributed by atoms with van der Waals surface area (Å²) in [6, 6.07) is 0.369. The lowest BCUT2D eigenvalue weighted by atomic mass is 10.0. The van der Waals surface area contributed by atoms with Crippen molar-refractivity contribution in [2.24, 2.45) is 0 Å². The second kappa shape index (κ2) is 11.9. The fourth-order valence-electron chi connectivity index (χ4n) is 2.53. The van der Waals surface area contributed by atoms with E-state index in [2.05, 4.69) is 34.6 Å². The third kappa shape index (κ3) is 7.63. The van der Waals surface area contributed by atoms with Crippen molar-refractivity contribution in [2.45, 2.75) is 84.1 Å². The predicted molar refractivity (Wildman–Crippen MR) is 84.6 cm³/mol. The fourth-order valence-corrected chi connectivity index (χ4v) is 2.53. The second-order valence-corrected chi connectivity index (χ2v) is 5.67. The van der Waals surface area contributed by atoms with Gasteiger partial charge < -0.3 is 5.32 Å². The highest BCUT2D eigenvalue weighted by molar-refractivity contribution is 4.99. The molecule has 1 aromatic heterocycles.